The van der Waals surface area contributed by atoms with Gasteiger partial charge in [-0.2, -0.15) is 0 Å². The van der Waals surface area contributed by atoms with Crippen molar-refractivity contribution in [3.8, 4) is 0 Å². The van der Waals surface area contributed by atoms with E-state index in [4.69, 9.17) is 13.6 Å². The Morgan fingerprint density at radius 3 is 1.26 bits per heavy atom. The highest BCUT2D eigenvalue weighted by Crippen LogP contribution is 2.13. The van der Waals surface area contributed by atoms with E-state index >= 15 is 0 Å². The molecule has 0 aromatic rings. The quantitative estimate of drug-likeness (QED) is 0.0455. The molecule has 4 heteroatoms. The average molecular weight is 589 g/mol. The van der Waals surface area contributed by atoms with Crippen LogP contribution >= 0.6 is 0 Å². The number of nitrogens with two attached hydrogens (primary N) is 1. The summed E-state index contributed by atoms with van der Waals surface area (Å²) in [6.07, 6.45) is 45.3. The monoisotopic (exact) mass is 589 g/mol. The minimum absolute atomic E-state index is 0.158. The molecule has 0 bridgehead atoms. The van der Waals surface area contributed by atoms with Gasteiger partial charge in [-0.25, -0.2) is 0 Å². The van der Waals surface area contributed by atoms with Gasteiger partial charge in [0.1, 0.15) is 0 Å². The second kappa shape index (κ2) is 42.4. The lowest BCUT2D eigenvalue weighted by molar-refractivity contribution is -0.121. The molecule has 0 fully saturated rings. The summed E-state index contributed by atoms with van der Waals surface area (Å²) in [5, 5.41) is 2.97. The van der Waals surface area contributed by atoms with Crippen LogP contribution in [0.5, 0.6) is 0 Å². The fourth-order valence-electron chi connectivity index (χ4n) is 5.29. The minimum Gasteiger partial charge on any atom is -0.356 e. The Hall–Kier alpha value is -0.765. The van der Waals surface area contributed by atoms with E-state index in [1.165, 1.54) is 173 Å². The van der Waals surface area contributed by atoms with E-state index in [-0.39, 0.29) is 5.91 Å². The highest BCUT2D eigenvalue weighted by atomic mass is 16.1. The van der Waals surface area contributed by atoms with E-state index in [2.05, 4.69) is 31.3 Å². The maximum Gasteiger partial charge on any atom is 0.220 e. The normalized spacial score (nSPS) is 11.1. The molecule has 0 aliphatic rings. The van der Waals surface area contributed by atoms with Gasteiger partial charge in [-0.05, 0) is 45.1 Å². The number of rotatable bonds is 33. The first-order valence-electron chi connectivity index (χ1n) is 19.0. The molecule has 0 aromatic carbocycles. The minimum atomic E-state index is 0.158. The van der Waals surface area contributed by atoms with Gasteiger partial charge < -0.3 is 11.1 Å². The molecule has 3 nitrogen and oxygen atoms in total. The Kier molecular flexibility index (Phi) is 43.7. The molecule has 0 saturated carbocycles. The van der Waals surface area contributed by atoms with E-state index in [1.807, 2.05) is 0 Å². The molecule has 0 aliphatic carbocycles. The molecule has 0 atom stereocenters. The standard InChI is InChI=1S/C20H42N2O.C18H35B/c1-2-3-4-5-6-7-8-9-10-11-12-13-14-15-19-22-20(23)17-16-18-21;1-2-3-4-5-6-7-8-9-10-11-12-13-14-15-16-17-18-19/h2-19,21H2,1H3,(H,22,23);9-10H,2-8,11-18H2,1H3/b;10-9-. The van der Waals surface area contributed by atoms with Crippen LogP contribution in [0, 0.1) is 0 Å². The summed E-state index contributed by atoms with van der Waals surface area (Å²) >= 11 is 0. The smallest absolute Gasteiger partial charge is 0.220 e. The van der Waals surface area contributed by atoms with Gasteiger partial charge in [0.2, 0.25) is 5.91 Å². The van der Waals surface area contributed by atoms with Crippen LogP contribution in [0.4, 0.5) is 0 Å². The Morgan fingerprint density at radius 2 is 0.881 bits per heavy atom. The van der Waals surface area contributed by atoms with Crippen molar-refractivity contribution in [2.75, 3.05) is 13.1 Å². The van der Waals surface area contributed by atoms with Crippen LogP contribution in [0.1, 0.15) is 206 Å². The van der Waals surface area contributed by atoms with Crippen LogP contribution in [0.2, 0.25) is 6.32 Å². The molecule has 3 N–H and O–H groups in total. The van der Waals surface area contributed by atoms with E-state index in [0.29, 0.717) is 13.0 Å². The molecular formula is C38H77BN2O. The third-order valence-corrected chi connectivity index (χ3v) is 8.18. The Balaban J connectivity index is 0. The molecule has 1 amide bonds. The van der Waals surface area contributed by atoms with E-state index < -0.39 is 0 Å². The fraction of sp³-hybridized carbons (Fsp3) is 0.921. The van der Waals surface area contributed by atoms with Gasteiger partial charge >= 0.3 is 0 Å². The number of nitrogens with one attached hydrogen (secondary N) is 1. The zero-order valence-electron chi connectivity index (χ0n) is 29.1. The largest absolute Gasteiger partial charge is 0.356 e. The average Bonchev–Trinajstić information content (AvgIpc) is 3.00. The third-order valence-electron chi connectivity index (χ3n) is 8.18. The van der Waals surface area contributed by atoms with Crippen molar-refractivity contribution in [3.05, 3.63) is 12.2 Å². The van der Waals surface area contributed by atoms with E-state index in [9.17, 15) is 4.79 Å². The number of unbranched alkanes of at least 4 members (excludes halogenated alkanes) is 25. The number of amides is 1. The molecule has 42 heavy (non-hydrogen) atoms. The van der Waals surface area contributed by atoms with Crippen molar-refractivity contribution in [3.63, 3.8) is 0 Å². The summed E-state index contributed by atoms with van der Waals surface area (Å²) in [4.78, 5) is 11.4. The van der Waals surface area contributed by atoms with Gasteiger partial charge in [-0.1, -0.05) is 180 Å². The summed E-state index contributed by atoms with van der Waals surface area (Å²) < 4.78 is 0. The van der Waals surface area contributed by atoms with Crippen molar-refractivity contribution < 1.29 is 4.79 Å². The predicted octanol–water partition coefficient (Wildman–Crippen LogP) is 11.9. The van der Waals surface area contributed by atoms with Crippen LogP contribution < -0.4 is 11.1 Å². The number of hydrogen-bond acceptors (Lipinski definition) is 2. The van der Waals surface area contributed by atoms with E-state index in [0.717, 1.165) is 25.7 Å². The Morgan fingerprint density at radius 1 is 0.524 bits per heavy atom. The fourth-order valence-corrected chi connectivity index (χ4v) is 5.29. The molecule has 0 aliphatic heterocycles. The van der Waals surface area contributed by atoms with Crippen LogP contribution in [0.25, 0.3) is 0 Å². The topological polar surface area (TPSA) is 55.1 Å². The van der Waals surface area contributed by atoms with Gasteiger partial charge in [0.05, 0.1) is 7.85 Å². The molecule has 0 unspecified atom stereocenters. The number of carbonyl (C=O) groups excluding carboxylic acids is 1. The number of allylic oxidation sites excluding steroid dienone is 2. The molecular weight excluding hydrogens is 511 g/mol. The zero-order chi connectivity index (χ0) is 31.0. The third kappa shape index (κ3) is 43.7. The molecule has 248 valence electrons. The lowest BCUT2D eigenvalue weighted by Gasteiger charge is -2.05. The van der Waals surface area contributed by atoms with Gasteiger partial charge in [0, 0.05) is 13.0 Å². The second-order valence-electron chi connectivity index (χ2n) is 12.6. The van der Waals surface area contributed by atoms with Gasteiger partial charge in [0.15, 0.2) is 0 Å². The van der Waals surface area contributed by atoms with Crippen molar-refractivity contribution in [1.82, 2.24) is 5.32 Å². The van der Waals surface area contributed by atoms with E-state index in [1.54, 1.807) is 0 Å². The summed E-state index contributed by atoms with van der Waals surface area (Å²) in [5.41, 5.74) is 5.38. The van der Waals surface area contributed by atoms with Crippen molar-refractivity contribution in [1.29, 1.82) is 0 Å². The molecule has 2 radical (unpaired) electrons. The van der Waals surface area contributed by atoms with Crippen molar-refractivity contribution in [2.45, 2.75) is 213 Å². The summed E-state index contributed by atoms with van der Waals surface area (Å²) in [6.45, 7) is 5.99. The first-order chi connectivity index (χ1) is 20.7. The lowest BCUT2D eigenvalue weighted by atomic mass is 9.98. The first kappa shape index (κ1) is 43.4. The van der Waals surface area contributed by atoms with Gasteiger partial charge in [-0.3, -0.25) is 4.79 Å². The van der Waals surface area contributed by atoms with Gasteiger partial charge in [0.25, 0.3) is 0 Å². The van der Waals surface area contributed by atoms with Gasteiger partial charge in [-0.15, -0.1) is 0 Å². The molecule has 0 rings (SSSR count). The summed E-state index contributed by atoms with van der Waals surface area (Å²) in [7, 11) is 5.47. The first-order valence-corrected chi connectivity index (χ1v) is 19.0. The highest BCUT2D eigenvalue weighted by Gasteiger charge is 1.99. The number of carbonyl (C=O) groups is 1. The Labute approximate surface area is 267 Å². The van der Waals surface area contributed by atoms with Crippen LogP contribution in [0.15, 0.2) is 12.2 Å². The van der Waals surface area contributed by atoms with Crippen molar-refractivity contribution in [2.24, 2.45) is 5.73 Å². The summed E-state index contributed by atoms with van der Waals surface area (Å²) in [5.74, 6) is 0.158. The molecule has 0 spiro atoms. The molecule has 0 aromatic heterocycles. The SMILES string of the molecule is CCCCCCCCCCCCCCCCNC(=O)CCCN.[B]CCCCCCCC/C=C\CCCCCCCC. The zero-order valence-corrected chi connectivity index (χ0v) is 29.1. The predicted molar refractivity (Wildman–Crippen MR) is 192 cm³/mol. The number of hydrogen-bond donors (Lipinski definition) is 2. The molecule has 0 heterocycles. The maximum absolute atomic E-state index is 11.4. The summed E-state index contributed by atoms with van der Waals surface area (Å²) in [6, 6.07) is 0. The molecule has 0 saturated heterocycles. The second-order valence-corrected chi connectivity index (χ2v) is 12.6. The van der Waals surface area contributed by atoms with Crippen LogP contribution in [-0.4, -0.2) is 26.8 Å². The lowest BCUT2D eigenvalue weighted by Crippen LogP contribution is -2.24. The highest BCUT2D eigenvalue weighted by molar-refractivity contribution is 6.08. The van der Waals surface area contributed by atoms with Crippen molar-refractivity contribution >= 4 is 13.8 Å². The van der Waals surface area contributed by atoms with Crippen LogP contribution in [-0.2, 0) is 4.79 Å². The maximum atomic E-state index is 11.4. The Bertz CT molecular complexity index is 511. The van der Waals surface area contributed by atoms with Crippen LogP contribution in [0.3, 0.4) is 0 Å².